The number of amides is 2. The van der Waals surface area contributed by atoms with E-state index in [2.05, 4.69) is 15.3 Å². The molecule has 0 unspecified atom stereocenters. The highest BCUT2D eigenvalue weighted by molar-refractivity contribution is 6.31. The predicted octanol–water partition coefficient (Wildman–Crippen LogP) is 2.41. The van der Waals surface area contributed by atoms with Gasteiger partial charge in [0.05, 0.1) is 17.9 Å². The molecule has 1 aromatic heterocycles. The minimum atomic E-state index is -0.335. The molecule has 1 aromatic carbocycles. The van der Waals surface area contributed by atoms with E-state index in [4.69, 9.17) is 11.6 Å². The third kappa shape index (κ3) is 5.32. The molecule has 2 aromatic rings. The standard InChI is InChI=1S/C22H25ClFN5O2/c1-15-19(22(23)29(26-15)18-6-2-16(24)3-7-18)8-9-21(31)28-12-10-27(11-13-28)14-20(30)25-17-4-5-17/h2-3,6-9,17H,4-5,10-14H2,1H3,(H,25,30)/b9-8+. The van der Waals surface area contributed by atoms with Crippen molar-refractivity contribution in [1.82, 2.24) is 24.9 Å². The number of halogens is 2. The zero-order valence-corrected chi connectivity index (χ0v) is 18.1. The second kappa shape index (κ2) is 9.20. The molecule has 1 saturated heterocycles. The van der Waals surface area contributed by atoms with Gasteiger partial charge in [0.15, 0.2) is 0 Å². The van der Waals surface area contributed by atoms with Crippen LogP contribution in [0, 0.1) is 12.7 Å². The van der Waals surface area contributed by atoms with E-state index in [0.717, 1.165) is 12.8 Å². The van der Waals surface area contributed by atoms with Crippen molar-refractivity contribution in [2.45, 2.75) is 25.8 Å². The minimum absolute atomic E-state index is 0.0606. The lowest BCUT2D eigenvalue weighted by Gasteiger charge is -2.33. The van der Waals surface area contributed by atoms with E-state index in [-0.39, 0.29) is 17.6 Å². The van der Waals surface area contributed by atoms with Crippen LogP contribution in [-0.4, -0.2) is 70.2 Å². The Bertz CT molecular complexity index is 992. The van der Waals surface area contributed by atoms with Crippen LogP contribution in [0.4, 0.5) is 4.39 Å². The Labute approximate surface area is 185 Å². The monoisotopic (exact) mass is 445 g/mol. The van der Waals surface area contributed by atoms with Gasteiger partial charge in [-0.05, 0) is 50.1 Å². The highest BCUT2D eigenvalue weighted by Crippen LogP contribution is 2.25. The van der Waals surface area contributed by atoms with Crippen LogP contribution < -0.4 is 5.32 Å². The van der Waals surface area contributed by atoms with E-state index in [1.807, 2.05) is 6.92 Å². The molecule has 1 N–H and O–H groups in total. The SMILES string of the molecule is Cc1nn(-c2ccc(F)cc2)c(Cl)c1/C=C/C(=O)N1CCN(CC(=O)NC2CC2)CC1. The first kappa shape index (κ1) is 21.5. The summed E-state index contributed by atoms with van der Waals surface area (Å²) in [5, 5.41) is 7.75. The number of carbonyl (C=O) groups is 2. The second-order valence-corrected chi connectivity index (χ2v) is 8.31. The summed E-state index contributed by atoms with van der Waals surface area (Å²) in [7, 11) is 0. The molecule has 2 aliphatic rings. The van der Waals surface area contributed by atoms with Crippen LogP contribution in [0.15, 0.2) is 30.3 Å². The number of hydrogen-bond acceptors (Lipinski definition) is 4. The fourth-order valence-electron chi connectivity index (χ4n) is 3.54. The summed E-state index contributed by atoms with van der Waals surface area (Å²) in [5.41, 5.74) is 1.96. The van der Waals surface area contributed by atoms with Crippen LogP contribution in [0.25, 0.3) is 11.8 Å². The molecule has 1 saturated carbocycles. The minimum Gasteiger partial charge on any atom is -0.352 e. The Morgan fingerprint density at radius 2 is 1.87 bits per heavy atom. The highest BCUT2D eigenvalue weighted by atomic mass is 35.5. The molecular formula is C22H25ClFN5O2. The number of carbonyl (C=O) groups excluding carboxylic acids is 2. The largest absolute Gasteiger partial charge is 0.352 e. The van der Waals surface area contributed by atoms with Crippen molar-refractivity contribution in [1.29, 1.82) is 0 Å². The van der Waals surface area contributed by atoms with Gasteiger partial charge in [0.2, 0.25) is 11.8 Å². The van der Waals surface area contributed by atoms with Gasteiger partial charge < -0.3 is 10.2 Å². The molecule has 2 fully saturated rings. The van der Waals surface area contributed by atoms with Gasteiger partial charge in [0.1, 0.15) is 11.0 Å². The topological polar surface area (TPSA) is 70.5 Å². The lowest BCUT2D eigenvalue weighted by Crippen LogP contribution is -2.51. The van der Waals surface area contributed by atoms with Gasteiger partial charge in [0.25, 0.3) is 0 Å². The average Bonchev–Trinajstić information content (AvgIpc) is 3.51. The Morgan fingerprint density at radius 3 is 2.52 bits per heavy atom. The van der Waals surface area contributed by atoms with E-state index in [1.54, 1.807) is 23.1 Å². The van der Waals surface area contributed by atoms with Gasteiger partial charge in [-0.25, -0.2) is 9.07 Å². The summed E-state index contributed by atoms with van der Waals surface area (Å²) in [6, 6.07) is 6.24. The van der Waals surface area contributed by atoms with Crippen LogP contribution >= 0.6 is 11.6 Å². The van der Waals surface area contributed by atoms with Crippen molar-refractivity contribution < 1.29 is 14.0 Å². The number of aromatic nitrogens is 2. The second-order valence-electron chi connectivity index (χ2n) is 7.95. The number of nitrogens with zero attached hydrogens (tertiary/aromatic N) is 4. The fourth-order valence-corrected chi connectivity index (χ4v) is 3.88. The Balaban J connectivity index is 1.34. The molecule has 2 amide bonds. The number of hydrogen-bond donors (Lipinski definition) is 1. The van der Waals surface area contributed by atoms with E-state index < -0.39 is 0 Å². The normalized spacial score (nSPS) is 17.3. The summed E-state index contributed by atoms with van der Waals surface area (Å²) >= 11 is 6.47. The van der Waals surface area contributed by atoms with Gasteiger partial charge in [-0.1, -0.05) is 11.6 Å². The number of piperazine rings is 1. The van der Waals surface area contributed by atoms with Crippen molar-refractivity contribution in [3.63, 3.8) is 0 Å². The fraction of sp³-hybridized carbons (Fsp3) is 0.409. The van der Waals surface area contributed by atoms with Crippen LogP contribution in [-0.2, 0) is 9.59 Å². The van der Waals surface area contributed by atoms with Crippen LogP contribution in [0.3, 0.4) is 0 Å². The summed E-state index contributed by atoms with van der Waals surface area (Å²) in [4.78, 5) is 28.4. The Kier molecular flexibility index (Phi) is 6.38. The average molecular weight is 446 g/mol. The van der Waals surface area contributed by atoms with E-state index in [1.165, 1.54) is 22.9 Å². The maximum Gasteiger partial charge on any atom is 0.246 e. The maximum absolute atomic E-state index is 13.2. The zero-order chi connectivity index (χ0) is 22.0. The number of rotatable bonds is 6. The molecule has 1 aliphatic heterocycles. The molecule has 9 heteroatoms. The highest BCUT2D eigenvalue weighted by Gasteiger charge is 2.26. The third-order valence-electron chi connectivity index (χ3n) is 5.51. The van der Waals surface area contributed by atoms with Crippen molar-refractivity contribution in [3.8, 4) is 5.69 Å². The molecule has 0 bridgehead atoms. The molecule has 2 heterocycles. The number of benzene rings is 1. The van der Waals surface area contributed by atoms with Gasteiger partial charge in [-0.3, -0.25) is 14.5 Å². The van der Waals surface area contributed by atoms with E-state index >= 15 is 0 Å². The predicted molar refractivity (Wildman–Crippen MR) is 116 cm³/mol. The summed E-state index contributed by atoms with van der Waals surface area (Å²) in [6.45, 7) is 4.66. The van der Waals surface area contributed by atoms with Gasteiger partial charge in [-0.15, -0.1) is 0 Å². The lowest BCUT2D eigenvalue weighted by molar-refractivity contribution is -0.128. The molecule has 0 atom stereocenters. The summed E-state index contributed by atoms with van der Waals surface area (Å²) in [6.07, 6.45) is 5.32. The summed E-state index contributed by atoms with van der Waals surface area (Å²) < 4.78 is 14.7. The molecular weight excluding hydrogens is 421 g/mol. The molecule has 0 radical (unpaired) electrons. The molecule has 164 valence electrons. The first-order valence-electron chi connectivity index (χ1n) is 10.4. The van der Waals surface area contributed by atoms with Crippen molar-refractivity contribution >= 4 is 29.5 Å². The number of nitrogens with one attached hydrogen (secondary N) is 1. The molecule has 4 rings (SSSR count). The first-order valence-corrected chi connectivity index (χ1v) is 10.8. The first-order chi connectivity index (χ1) is 14.9. The number of aryl methyl sites for hydroxylation is 1. The molecule has 1 aliphatic carbocycles. The lowest BCUT2D eigenvalue weighted by atomic mass is 10.2. The van der Waals surface area contributed by atoms with Gasteiger partial charge >= 0.3 is 0 Å². The molecule has 7 nitrogen and oxygen atoms in total. The van der Waals surface area contributed by atoms with E-state index in [0.29, 0.717) is 60.9 Å². The maximum atomic E-state index is 13.2. The van der Waals surface area contributed by atoms with Crippen LogP contribution in [0.1, 0.15) is 24.1 Å². The molecule has 0 spiro atoms. The summed E-state index contributed by atoms with van der Waals surface area (Å²) in [5.74, 6) is -0.379. The van der Waals surface area contributed by atoms with E-state index in [9.17, 15) is 14.0 Å². The van der Waals surface area contributed by atoms with Crippen molar-refractivity contribution in [2.24, 2.45) is 0 Å². The third-order valence-corrected chi connectivity index (χ3v) is 5.87. The van der Waals surface area contributed by atoms with Gasteiger partial charge in [0, 0.05) is 43.9 Å². The Morgan fingerprint density at radius 1 is 1.19 bits per heavy atom. The zero-order valence-electron chi connectivity index (χ0n) is 17.4. The van der Waals surface area contributed by atoms with Crippen LogP contribution in [0.5, 0.6) is 0 Å². The molecule has 31 heavy (non-hydrogen) atoms. The van der Waals surface area contributed by atoms with Crippen molar-refractivity contribution in [3.05, 3.63) is 52.6 Å². The quantitative estimate of drug-likeness (QED) is 0.693. The van der Waals surface area contributed by atoms with Gasteiger partial charge in [-0.2, -0.15) is 5.10 Å². The smallest absolute Gasteiger partial charge is 0.246 e. The van der Waals surface area contributed by atoms with Crippen LogP contribution in [0.2, 0.25) is 5.15 Å². The van der Waals surface area contributed by atoms with Crippen molar-refractivity contribution in [2.75, 3.05) is 32.7 Å². The Hall–Kier alpha value is -2.71.